The van der Waals surface area contributed by atoms with Gasteiger partial charge in [0.05, 0.1) is 0 Å². The van der Waals surface area contributed by atoms with Crippen LogP contribution in [0.2, 0.25) is 5.02 Å². The molecule has 7 heteroatoms. The van der Waals surface area contributed by atoms with Gasteiger partial charge in [0, 0.05) is 30.3 Å². The van der Waals surface area contributed by atoms with Crippen LogP contribution in [0.4, 0.5) is 10.5 Å². The number of hydrogen-bond donors (Lipinski definition) is 1. The highest BCUT2D eigenvalue weighted by atomic mass is 35.5. The molecule has 2 aliphatic heterocycles. The van der Waals surface area contributed by atoms with Gasteiger partial charge < -0.3 is 20.0 Å². The molecule has 1 aromatic rings. The van der Waals surface area contributed by atoms with Crippen molar-refractivity contribution in [2.45, 2.75) is 38.6 Å². The Morgan fingerprint density at radius 1 is 1.07 bits per heavy atom. The van der Waals surface area contributed by atoms with Crippen LogP contribution in [0.3, 0.4) is 0 Å². The number of piperazine rings is 1. The van der Waals surface area contributed by atoms with Crippen molar-refractivity contribution in [1.82, 2.24) is 14.7 Å². The van der Waals surface area contributed by atoms with E-state index in [1.165, 1.54) is 32.4 Å². The summed E-state index contributed by atoms with van der Waals surface area (Å²) >= 11 is 5.87. The molecule has 1 atom stereocenters. The number of hydrogen-bond acceptors (Lipinski definition) is 3. The highest BCUT2D eigenvalue weighted by Crippen LogP contribution is 2.17. The van der Waals surface area contributed by atoms with Gasteiger partial charge in [-0.2, -0.15) is 0 Å². The van der Waals surface area contributed by atoms with Gasteiger partial charge >= 0.3 is 6.03 Å². The molecular weight excluding hydrogens is 364 g/mol. The lowest BCUT2D eigenvalue weighted by Crippen LogP contribution is -2.58. The second-order valence-electron chi connectivity index (χ2n) is 7.39. The summed E-state index contributed by atoms with van der Waals surface area (Å²) in [6, 6.07) is 6.28. The van der Waals surface area contributed by atoms with E-state index in [1.54, 1.807) is 36.1 Å². The summed E-state index contributed by atoms with van der Waals surface area (Å²) in [4.78, 5) is 31.2. The lowest BCUT2D eigenvalue weighted by atomic mass is 10.1. The molecule has 1 N–H and O–H groups in total. The zero-order valence-corrected chi connectivity index (χ0v) is 16.7. The third-order valence-corrected chi connectivity index (χ3v) is 5.71. The van der Waals surface area contributed by atoms with Crippen LogP contribution in [0, 0.1) is 0 Å². The first-order valence-electron chi connectivity index (χ1n) is 9.89. The number of carbonyl (C=O) groups excluding carboxylic acids is 2. The number of halogens is 1. The molecule has 6 nitrogen and oxygen atoms in total. The maximum Gasteiger partial charge on any atom is 0.322 e. The monoisotopic (exact) mass is 392 g/mol. The molecule has 2 aliphatic rings. The minimum absolute atomic E-state index is 0.0335. The van der Waals surface area contributed by atoms with Crippen molar-refractivity contribution in [3.05, 3.63) is 29.3 Å². The van der Waals surface area contributed by atoms with Crippen LogP contribution in [0.15, 0.2) is 24.3 Å². The molecule has 0 spiro atoms. The molecule has 0 radical (unpaired) electrons. The Morgan fingerprint density at radius 2 is 1.78 bits per heavy atom. The van der Waals surface area contributed by atoms with Crippen LogP contribution in [0.5, 0.6) is 0 Å². The van der Waals surface area contributed by atoms with Crippen molar-refractivity contribution in [2.24, 2.45) is 0 Å². The topological polar surface area (TPSA) is 55.9 Å². The van der Waals surface area contributed by atoms with E-state index in [0.717, 1.165) is 19.5 Å². The van der Waals surface area contributed by atoms with E-state index in [2.05, 4.69) is 10.2 Å². The van der Waals surface area contributed by atoms with Crippen molar-refractivity contribution in [2.75, 3.05) is 44.6 Å². The number of benzene rings is 1. The molecule has 0 saturated carbocycles. The second-order valence-corrected chi connectivity index (χ2v) is 7.82. The largest absolute Gasteiger partial charge is 0.339 e. The Labute approximate surface area is 166 Å². The number of nitrogens with one attached hydrogen (secondary N) is 1. The molecule has 2 saturated heterocycles. The van der Waals surface area contributed by atoms with Gasteiger partial charge in [0.25, 0.3) is 0 Å². The first-order chi connectivity index (χ1) is 13.0. The highest BCUT2D eigenvalue weighted by molar-refractivity contribution is 6.30. The van der Waals surface area contributed by atoms with Crippen LogP contribution in [0.25, 0.3) is 0 Å². The van der Waals surface area contributed by atoms with Crippen LogP contribution in [0.1, 0.15) is 32.6 Å². The quantitative estimate of drug-likeness (QED) is 0.836. The third-order valence-electron chi connectivity index (χ3n) is 5.45. The molecule has 27 heavy (non-hydrogen) atoms. The van der Waals surface area contributed by atoms with Crippen molar-refractivity contribution < 1.29 is 9.59 Å². The molecule has 3 rings (SSSR count). The van der Waals surface area contributed by atoms with Crippen molar-refractivity contribution >= 4 is 29.2 Å². The zero-order chi connectivity index (χ0) is 19.2. The molecule has 0 aromatic heterocycles. The number of urea groups is 1. The summed E-state index contributed by atoms with van der Waals surface area (Å²) in [5.41, 5.74) is 0.674. The molecule has 2 fully saturated rings. The van der Waals surface area contributed by atoms with E-state index >= 15 is 0 Å². The number of likely N-dealkylation sites (tertiary alicyclic amines) is 1. The summed E-state index contributed by atoms with van der Waals surface area (Å²) < 4.78 is 0. The van der Waals surface area contributed by atoms with Gasteiger partial charge in [0.1, 0.15) is 6.04 Å². The molecule has 3 amide bonds. The van der Waals surface area contributed by atoms with Gasteiger partial charge in [0.2, 0.25) is 5.91 Å². The van der Waals surface area contributed by atoms with Gasteiger partial charge in [-0.3, -0.25) is 4.79 Å². The lowest BCUT2D eigenvalue weighted by Gasteiger charge is -2.39. The third kappa shape index (κ3) is 5.36. The van der Waals surface area contributed by atoms with Crippen LogP contribution >= 0.6 is 11.6 Å². The molecule has 1 aromatic carbocycles. The Balaban J connectivity index is 1.46. The fraction of sp³-hybridized carbons (Fsp3) is 0.600. The number of rotatable bonds is 5. The van der Waals surface area contributed by atoms with Gasteiger partial charge in [-0.15, -0.1) is 0 Å². The van der Waals surface area contributed by atoms with E-state index in [1.807, 2.05) is 4.90 Å². The molecule has 148 valence electrons. The van der Waals surface area contributed by atoms with Crippen LogP contribution in [-0.2, 0) is 4.79 Å². The van der Waals surface area contributed by atoms with Crippen LogP contribution < -0.4 is 5.32 Å². The van der Waals surface area contributed by atoms with E-state index in [9.17, 15) is 9.59 Å². The van der Waals surface area contributed by atoms with Crippen molar-refractivity contribution in [1.29, 1.82) is 0 Å². The molecule has 2 heterocycles. The SMILES string of the molecule is CC1C(=O)N(CCCN2CCCCC2)CCN1C(=O)Nc1ccc(Cl)cc1. The maximum absolute atomic E-state index is 12.7. The van der Waals surface area contributed by atoms with E-state index in [4.69, 9.17) is 11.6 Å². The predicted octanol–water partition coefficient (Wildman–Crippen LogP) is 3.28. The van der Waals surface area contributed by atoms with Crippen molar-refractivity contribution in [3.8, 4) is 0 Å². The summed E-state index contributed by atoms with van der Waals surface area (Å²) in [6.07, 6.45) is 4.91. The zero-order valence-electron chi connectivity index (χ0n) is 16.0. The summed E-state index contributed by atoms with van der Waals surface area (Å²) in [5, 5.41) is 3.46. The second kappa shape index (κ2) is 9.42. The molecule has 0 aliphatic carbocycles. The Hall–Kier alpha value is -1.79. The van der Waals surface area contributed by atoms with Gasteiger partial charge in [0.15, 0.2) is 0 Å². The average molecular weight is 393 g/mol. The lowest BCUT2D eigenvalue weighted by molar-refractivity contribution is -0.139. The number of amides is 3. The summed E-state index contributed by atoms with van der Waals surface area (Å²) in [6.45, 7) is 7.14. The normalized spacial score (nSPS) is 21.4. The van der Waals surface area contributed by atoms with E-state index in [0.29, 0.717) is 23.8 Å². The highest BCUT2D eigenvalue weighted by Gasteiger charge is 2.34. The number of nitrogens with zero attached hydrogens (tertiary/aromatic N) is 3. The Morgan fingerprint density at radius 3 is 2.48 bits per heavy atom. The minimum Gasteiger partial charge on any atom is -0.339 e. The standard InChI is InChI=1S/C20H29ClN4O2/c1-16-19(26)24(13-5-12-23-10-3-2-4-11-23)14-15-25(16)20(27)22-18-8-6-17(21)7-9-18/h6-9,16H,2-5,10-15H2,1H3,(H,22,27). The fourth-order valence-electron chi connectivity index (χ4n) is 3.83. The predicted molar refractivity (Wildman–Crippen MR) is 108 cm³/mol. The number of piperidine rings is 1. The smallest absolute Gasteiger partial charge is 0.322 e. The average Bonchev–Trinajstić information content (AvgIpc) is 2.68. The van der Waals surface area contributed by atoms with Crippen LogP contribution in [-0.4, -0.2) is 71.9 Å². The molecule has 0 bridgehead atoms. The summed E-state index contributed by atoms with van der Waals surface area (Å²) in [5.74, 6) is 0.0335. The van der Waals surface area contributed by atoms with Gasteiger partial charge in [-0.05, 0) is 70.1 Å². The van der Waals surface area contributed by atoms with E-state index in [-0.39, 0.29) is 11.9 Å². The van der Waals surface area contributed by atoms with Gasteiger partial charge in [-0.25, -0.2) is 4.79 Å². The Bertz CT molecular complexity index is 646. The number of carbonyl (C=O) groups is 2. The fourth-order valence-corrected chi connectivity index (χ4v) is 3.95. The number of anilines is 1. The molecule has 1 unspecified atom stereocenters. The minimum atomic E-state index is -0.443. The van der Waals surface area contributed by atoms with E-state index < -0.39 is 6.04 Å². The first kappa shape index (κ1) is 20.0. The maximum atomic E-state index is 12.7. The molecular formula is C20H29ClN4O2. The Kier molecular flexibility index (Phi) is 6.96. The first-order valence-corrected chi connectivity index (χ1v) is 10.3. The summed E-state index contributed by atoms with van der Waals surface area (Å²) in [7, 11) is 0. The van der Waals surface area contributed by atoms with Crippen molar-refractivity contribution in [3.63, 3.8) is 0 Å². The van der Waals surface area contributed by atoms with Gasteiger partial charge in [-0.1, -0.05) is 18.0 Å².